The summed E-state index contributed by atoms with van der Waals surface area (Å²) >= 11 is 12.3. The highest BCUT2D eigenvalue weighted by Crippen LogP contribution is 2.34. The van der Waals surface area contributed by atoms with Gasteiger partial charge in [-0.1, -0.05) is 29.3 Å². The lowest BCUT2D eigenvalue weighted by Crippen LogP contribution is -2.10. The minimum absolute atomic E-state index is 0.139. The molecule has 2 heterocycles. The summed E-state index contributed by atoms with van der Waals surface area (Å²) in [6.07, 6.45) is 0. The van der Waals surface area contributed by atoms with Gasteiger partial charge in [0.05, 0.1) is 17.2 Å². The predicted molar refractivity (Wildman–Crippen MR) is 128 cm³/mol. The molecule has 0 atom stereocenters. The molecule has 1 N–H and O–H groups in total. The van der Waals surface area contributed by atoms with Crippen LogP contribution in [-0.2, 0) is 0 Å². The fourth-order valence-electron chi connectivity index (χ4n) is 3.35. The Bertz CT molecular complexity index is 1470. The molecular formula is C25H16Cl2N2O4. The fourth-order valence-corrected chi connectivity index (χ4v) is 3.75. The monoisotopic (exact) mass is 478 g/mol. The van der Waals surface area contributed by atoms with E-state index in [0.29, 0.717) is 44.0 Å². The molecule has 0 radical (unpaired) electrons. The third-order valence-electron chi connectivity index (χ3n) is 5.03. The van der Waals surface area contributed by atoms with Crippen molar-refractivity contribution in [2.75, 3.05) is 12.4 Å². The number of anilines is 1. The number of oxazole rings is 1. The van der Waals surface area contributed by atoms with Gasteiger partial charge in [-0.05, 0) is 66.7 Å². The van der Waals surface area contributed by atoms with Crippen molar-refractivity contribution in [3.63, 3.8) is 0 Å². The van der Waals surface area contributed by atoms with Crippen molar-refractivity contribution in [2.24, 2.45) is 0 Å². The molecule has 1 amide bonds. The number of fused-ring (bicyclic) bond motifs is 1. The largest absolute Gasteiger partial charge is 0.497 e. The first-order valence-corrected chi connectivity index (χ1v) is 10.7. The van der Waals surface area contributed by atoms with Gasteiger partial charge < -0.3 is 18.9 Å². The predicted octanol–water partition coefficient (Wildman–Crippen LogP) is 7.32. The van der Waals surface area contributed by atoms with Crippen LogP contribution in [-0.4, -0.2) is 18.0 Å². The topological polar surface area (TPSA) is 77.5 Å². The highest BCUT2D eigenvalue weighted by Gasteiger charge is 2.16. The number of aromatic nitrogens is 1. The van der Waals surface area contributed by atoms with E-state index < -0.39 is 5.91 Å². The Morgan fingerprint density at radius 1 is 0.970 bits per heavy atom. The molecular weight excluding hydrogens is 463 g/mol. The maximum absolute atomic E-state index is 12.7. The number of hydrogen-bond acceptors (Lipinski definition) is 5. The van der Waals surface area contributed by atoms with Gasteiger partial charge in [0.15, 0.2) is 11.3 Å². The van der Waals surface area contributed by atoms with Crippen LogP contribution in [0.1, 0.15) is 10.6 Å². The van der Waals surface area contributed by atoms with Crippen molar-refractivity contribution < 1.29 is 18.4 Å². The number of nitrogens with one attached hydrogen (secondary N) is 1. The third kappa shape index (κ3) is 4.18. The molecule has 164 valence electrons. The van der Waals surface area contributed by atoms with Gasteiger partial charge in [0.25, 0.3) is 5.91 Å². The second kappa shape index (κ2) is 8.65. The van der Waals surface area contributed by atoms with E-state index in [4.69, 9.17) is 36.8 Å². The lowest BCUT2D eigenvalue weighted by atomic mass is 10.2. The number of carbonyl (C=O) groups is 1. The van der Waals surface area contributed by atoms with Gasteiger partial charge in [-0.25, -0.2) is 4.98 Å². The van der Waals surface area contributed by atoms with Gasteiger partial charge in [-0.3, -0.25) is 4.79 Å². The molecule has 33 heavy (non-hydrogen) atoms. The fraction of sp³-hybridized carbons (Fsp3) is 0.0400. The number of carbonyl (C=O) groups excluding carboxylic acids is 1. The molecule has 5 aromatic rings. The third-order valence-corrected chi connectivity index (χ3v) is 5.85. The first kappa shape index (κ1) is 21.1. The highest BCUT2D eigenvalue weighted by atomic mass is 35.5. The van der Waals surface area contributed by atoms with E-state index in [0.717, 1.165) is 11.3 Å². The standard InChI is InChI=1S/C25H16Cl2N2O4/c1-31-16-8-5-14(6-9-16)25-29-19-13-15(7-10-21(19)33-25)28-24(30)22-12-11-20(32-22)17-3-2-4-18(26)23(17)27/h2-13H,1H3,(H,28,30). The second-order valence-electron chi connectivity index (χ2n) is 7.15. The van der Waals surface area contributed by atoms with Crippen LogP contribution in [0, 0.1) is 0 Å². The number of ether oxygens (including phenoxy) is 1. The molecule has 0 saturated heterocycles. The van der Waals surface area contributed by atoms with Crippen LogP contribution in [0.2, 0.25) is 10.0 Å². The normalized spacial score (nSPS) is 11.0. The Hall–Kier alpha value is -3.74. The van der Waals surface area contributed by atoms with Crippen molar-refractivity contribution >= 4 is 45.9 Å². The molecule has 3 aromatic carbocycles. The first-order chi connectivity index (χ1) is 16.0. The van der Waals surface area contributed by atoms with Crippen LogP contribution in [0.25, 0.3) is 33.9 Å². The van der Waals surface area contributed by atoms with Crippen LogP contribution in [0.15, 0.2) is 81.6 Å². The summed E-state index contributed by atoms with van der Waals surface area (Å²) in [4.78, 5) is 17.2. The van der Waals surface area contributed by atoms with E-state index in [-0.39, 0.29) is 5.76 Å². The maximum Gasteiger partial charge on any atom is 0.291 e. The molecule has 0 unspecified atom stereocenters. The summed E-state index contributed by atoms with van der Waals surface area (Å²) in [5, 5.41) is 3.59. The van der Waals surface area contributed by atoms with Gasteiger partial charge >= 0.3 is 0 Å². The summed E-state index contributed by atoms with van der Waals surface area (Å²) in [6, 6.07) is 21.1. The van der Waals surface area contributed by atoms with E-state index in [1.54, 1.807) is 55.6 Å². The zero-order chi connectivity index (χ0) is 22.9. The molecule has 0 saturated carbocycles. The van der Waals surface area contributed by atoms with Crippen molar-refractivity contribution in [3.8, 4) is 28.5 Å². The van der Waals surface area contributed by atoms with E-state index in [2.05, 4.69) is 10.3 Å². The summed E-state index contributed by atoms with van der Waals surface area (Å²) in [6.45, 7) is 0. The summed E-state index contributed by atoms with van der Waals surface area (Å²) in [5.74, 6) is 1.41. The van der Waals surface area contributed by atoms with E-state index >= 15 is 0 Å². The van der Waals surface area contributed by atoms with Gasteiger partial charge in [-0.15, -0.1) is 0 Å². The molecule has 8 heteroatoms. The average Bonchev–Trinajstić information content (AvgIpc) is 3.48. The zero-order valence-electron chi connectivity index (χ0n) is 17.3. The Morgan fingerprint density at radius 3 is 2.58 bits per heavy atom. The first-order valence-electron chi connectivity index (χ1n) is 9.92. The van der Waals surface area contributed by atoms with Crippen LogP contribution in [0.5, 0.6) is 5.75 Å². The molecule has 0 aliphatic carbocycles. The number of amides is 1. The van der Waals surface area contributed by atoms with Crippen LogP contribution in [0.3, 0.4) is 0 Å². The van der Waals surface area contributed by atoms with Gasteiger partial charge in [0, 0.05) is 16.8 Å². The van der Waals surface area contributed by atoms with Gasteiger partial charge in [0.2, 0.25) is 5.89 Å². The van der Waals surface area contributed by atoms with E-state index in [1.165, 1.54) is 0 Å². The molecule has 0 aliphatic rings. The number of halogens is 2. The van der Waals surface area contributed by atoms with E-state index in [9.17, 15) is 4.79 Å². The molecule has 5 rings (SSSR count). The number of methoxy groups -OCH3 is 1. The quantitative estimate of drug-likeness (QED) is 0.286. The van der Waals surface area contributed by atoms with Gasteiger partial charge in [-0.2, -0.15) is 0 Å². The van der Waals surface area contributed by atoms with Crippen molar-refractivity contribution in [1.82, 2.24) is 4.98 Å². The Labute approximate surface area is 198 Å². The maximum atomic E-state index is 12.7. The van der Waals surface area contributed by atoms with Gasteiger partial charge in [0.1, 0.15) is 17.0 Å². The zero-order valence-corrected chi connectivity index (χ0v) is 18.8. The lowest BCUT2D eigenvalue weighted by molar-refractivity contribution is 0.0997. The number of rotatable bonds is 5. The summed E-state index contributed by atoms with van der Waals surface area (Å²) in [7, 11) is 1.61. The van der Waals surface area contributed by atoms with Crippen LogP contribution >= 0.6 is 23.2 Å². The number of hydrogen-bond donors (Lipinski definition) is 1. The second-order valence-corrected chi connectivity index (χ2v) is 7.93. The Kier molecular flexibility index (Phi) is 5.54. The van der Waals surface area contributed by atoms with Crippen molar-refractivity contribution in [1.29, 1.82) is 0 Å². The summed E-state index contributed by atoms with van der Waals surface area (Å²) in [5.41, 5.74) is 3.21. The number of benzene rings is 3. The number of nitrogens with zero attached hydrogens (tertiary/aromatic N) is 1. The molecule has 0 spiro atoms. The molecule has 0 aliphatic heterocycles. The van der Waals surface area contributed by atoms with E-state index in [1.807, 2.05) is 24.3 Å². The summed E-state index contributed by atoms with van der Waals surface area (Å²) < 4.78 is 16.7. The van der Waals surface area contributed by atoms with Crippen LogP contribution in [0.4, 0.5) is 5.69 Å². The molecule has 2 aromatic heterocycles. The minimum atomic E-state index is -0.405. The molecule has 6 nitrogen and oxygen atoms in total. The van der Waals surface area contributed by atoms with Crippen molar-refractivity contribution in [2.45, 2.75) is 0 Å². The molecule has 0 fully saturated rings. The molecule has 0 bridgehead atoms. The smallest absolute Gasteiger partial charge is 0.291 e. The Morgan fingerprint density at radius 2 is 1.79 bits per heavy atom. The SMILES string of the molecule is COc1ccc(-c2nc3cc(NC(=O)c4ccc(-c5cccc(Cl)c5Cl)o4)ccc3o2)cc1. The lowest BCUT2D eigenvalue weighted by Gasteiger charge is -2.04. The van der Waals surface area contributed by atoms with Crippen LogP contribution < -0.4 is 10.1 Å². The highest BCUT2D eigenvalue weighted by molar-refractivity contribution is 6.43. The minimum Gasteiger partial charge on any atom is -0.497 e. The average molecular weight is 479 g/mol. The van der Waals surface area contributed by atoms with Crippen molar-refractivity contribution in [3.05, 3.63) is 88.6 Å². The number of furan rings is 1. The Balaban J connectivity index is 1.36.